The molecule has 0 aromatic carbocycles. The summed E-state index contributed by atoms with van der Waals surface area (Å²) in [6.45, 7) is 1.91. The average Bonchev–Trinajstić information content (AvgIpc) is 2.84. The Hall–Kier alpha value is -1.64. The Bertz CT molecular complexity index is 496. The van der Waals surface area contributed by atoms with Gasteiger partial charge in [-0.3, -0.25) is 0 Å². The molecule has 0 N–H and O–H groups in total. The van der Waals surface area contributed by atoms with Gasteiger partial charge in [0.1, 0.15) is 0 Å². The number of hydrogen-bond acceptors (Lipinski definition) is 5. The molecule has 1 aromatic heterocycles. The highest BCUT2D eigenvalue weighted by Gasteiger charge is 2.42. The van der Waals surface area contributed by atoms with Crippen molar-refractivity contribution in [3.8, 4) is 0 Å². The molecule has 0 radical (unpaired) electrons. The Morgan fingerprint density at radius 1 is 1.48 bits per heavy atom. The Kier molecular flexibility index (Phi) is 4.81. The lowest BCUT2D eigenvalue weighted by Crippen LogP contribution is -2.28. The van der Waals surface area contributed by atoms with E-state index in [1.165, 1.54) is 6.92 Å². The molecule has 1 aromatic rings. The Labute approximate surface area is 119 Å². The zero-order chi connectivity index (χ0) is 15.5. The summed E-state index contributed by atoms with van der Waals surface area (Å²) in [7, 11) is 0. The Morgan fingerprint density at radius 3 is 2.81 bits per heavy atom. The van der Waals surface area contributed by atoms with E-state index < -0.39 is 23.5 Å². The van der Waals surface area contributed by atoms with Crippen LogP contribution in [0.4, 0.5) is 13.2 Å². The number of ether oxygens (including phenoxy) is 2. The van der Waals surface area contributed by atoms with Crippen molar-refractivity contribution in [2.75, 3.05) is 13.2 Å². The number of aromatic nitrogens is 3. The van der Waals surface area contributed by atoms with Crippen LogP contribution in [0, 0.1) is 0 Å². The molecule has 2 rings (SSSR count). The summed E-state index contributed by atoms with van der Waals surface area (Å²) in [5.74, 6) is -1.12. The lowest BCUT2D eigenvalue weighted by Gasteiger charge is -2.23. The highest BCUT2D eigenvalue weighted by molar-refractivity contribution is 5.88. The van der Waals surface area contributed by atoms with E-state index in [2.05, 4.69) is 15.0 Å². The highest BCUT2D eigenvalue weighted by atomic mass is 19.4. The van der Waals surface area contributed by atoms with Crippen molar-refractivity contribution in [2.24, 2.45) is 0 Å². The van der Waals surface area contributed by atoms with Crippen LogP contribution in [0.15, 0.2) is 0 Å². The van der Waals surface area contributed by atoms with Crippen molar-refractivity contribution in [1.82, 2.24) is 15.0 Å². The first-order valence-electron chi connectivity index (χ1n) is 6.73. The first-order valence-corrected chi connectivity index (χ1v) is 6.73. The van der Waals surface area contributed by atoms with Crippen LogP contribution in [0.5, 0.6) is 0 Å². The molecule has 9 heteroatoms. The van der Waals surface area contributed by atoms with E-state index in [0.29, 0.717) is 17.7 Å². The molecular formula is C12H16F3N3O3. The van der Waals surface area contributed by atoms with Crippen LogP contribution in [0.3, 0.4) is 0 Å². The quantitative estimate of drug-likeness (QED) is 0.796. The molecule has 0 amide bonds. The van der Waals surface area contributed by atoms with Crippen LogP contribution in [-0.4, -0.2) is 40.3 Å². The highest BCUT2D eigenvalue weighted by Crippen LogP contribution is 2.32. The summed E-state index contributed by atoms with van der Waals surface area (Å²) in [5.41, 5.74) is -1.99. The van der Waals surface area contributed by atoms with Crippen LogP contribution >= 0.6 is 0 Å². The maximum Gasteiger partial charge on any atom is 0.435 e. The molecule has 0 spiro atoms. The van der Waals surface area contributed by atoms with Gasteiger partial charge in [0, 0.05) is 6.61 Å². The monoisotopic (exact) mass is 307 g/mol. The number of rotatable bonds is 4. The molecule has 0 bridgehead atoms. The predicted octanol–water partition coefficient (Wildman–Crippen LogP) is 2.04. The summed E-state index contributed by atoms with van der Waals surface area (Å²) in [6.07, 6.45) is -2.64. The van der Waals surface area contributed by atoms with Crippen LogP contribution in [-0.2, 0) is 22.2 Å². The molecular weight excluding hydrogens is 291 g/mol. The maximum absolute atomic E-state index is 13.1. The molecule has 1 aliphatic heterocycles. The lowest BCUT2D eigenvalue weighted by molar-refractivity contribution is -0.145. The molecule has 1 saturated heterocycles. The molecule has 1 atom stereocenters. The van der Waals surface area contributed by atoms with Crippen molar-refractivity contribution in [1.29, 1.82) is 0 Å². The van der Waals surface area contributed by atoms with E-state index in [4.69, 9.17) is 4.74 Å². The number of alkyl halides is 3. The van der Waals surface area contributed by atoms with Gasteiger partial charge in [-0.25, -0.2) is 9.48 Å². The smallest absolute Gasteiger partial charge is 0.435 e. The Balaban J connectivity index is 2.26. The second kappa shape index (κ2) is 6.42. The van der Waals surface area contributed by atoms with Gasteiger partial charge in [-0.05, 0) is 26.2 Å². The average molecular weight is 307 g/mol. The van der Waals surface area contributed by atoms with Gasteiger partial charge in [-0.15, -0.1) is 5.10 Å². The molecule has 0 aliphatic carbocycles. The van der Waals surface area contributed by atoms with Crippen LogP contribution < -0.4 is 0 Å². The summed E-state index contributed by atoms with van der Waals surface area (Å²) >= 11 is 0. The number of carbonyl (C=O) groups is 1. The Morgan fingerprint density at radius 2 is 2.24 bits per heavy atom. The van der Waals surface area contributed by atoms with Crippen molar-refractivity contribution >= 4 is 5.97 Å². The van der Waals surface area contributed by atoms with Crippen molar-refractivity contribution in [3.63, 3.8) is 0 Å². The number of hydrogen-bond donors (Lipinski definition) is 0. The van der Waals surface area contributed by atoms with E-state index in [9.17, 15) is 18.0 Å². The molecule has 2 heterocycles. The van der Waals surface area contributed by atoms with Crippen molar-refractivity contribution < 1.29 is 27.4 Å². The van der Waals surface area contributed by atoms with Crippen molar-refractivity contribution in [2.45, 2.75) is 45.0 Å². The predicted molar refractivity (Wildman–Crippen MR) is 64.6 cm³/mol. The van der Waals surface area contributed by atoms with Crippen molar-refractivity contribution in [3.05, 3.63) is 11.4 Å². The second-order valence-electron chi connectivity index (χ2n) is 4.68. The topological polar surface area (TPSA) is 66.2 Å². The minimum Gasteiger partial charge on any atom is -0.461 e. The number of halogens is 3. The van der Waals surface area contributed by atoms with Crippen LogP contribution in [0.25, 0.3) is 0 Å². The fraction of sp³-hybridized carbons (Fsp3) is 0.750. The molecule has 118 valence electrons. The third-order valence-electron chi connectivity index (χ3n) is 3.12. The summed E-state index contributed by atoms with van der Waals surface area (Å²) in [5, 5.41) is 6.78. The third-order valence-corrected chi connectivity index (χ3v) is 3.12. The van der Waals surface area contributed by atoms with E-state index in [1.807, 2.05) is 0 Å². The van der Waals surface area contributed by atoms with Gasteiger partial charge in [0.2, 0.25) is 5.69 Å². The van der Waals surface area contributed by atoms with E-state index in [0.717, 1.165) is 12.8 Å². The zero-order valence-corrected chi connectivity index (χ0v) is 11.5. The van der Waals surface area contributed by atoms with E-state index in [1.54, 1.807) is 0 Å². The number of carbonyl (C=O) groups excluding carboxylic acids is 1. The summed E-state index contributed by atoms with van der Waals surface area (Å²) in [4.78, 5) is 11.5. The van der Waals surface area contributed by atoms with Gasteiger partial charge in [-0.1, -0.05) is 5.21 Å². The fourth-order valence-electron chi connectivity index (χ4n) is 2.20. The van der Waals surface area contributed by atoms with Crippen LogP contribution in [0.1, 0.15) is 42.4 Å². The molecule has 1 unspecified atom stereocenters. The molecule has 1 fully saturated rings. The summed E-state index contributed by atoms with van der Waals surface area (Å²) < 4.78 is 50.1. The van der Waals surface area contributed by atoms with Gasteiger partial charge < -0.3 is 9.47 Å². The lowest BCUT2D eigenvalue weighted by atomic mass is 10.1. The third kappa shape index (κ3) is 3.72. The number of esters is 1. The fourth-order valence-corrected chi connectivity index (χ4v) is 2.20. The molecule has 21 heavy (non-hydrogen) atoms. The SMILES string of the molecule is CCOC(=O)c1nnn(CC2CCCCO2)c1C(F)(F)F. The zero-order valence-electron chi connectivity index (χ0n) is 11.5. The largest absolute Gasteiger partial charge is 0.461 e. The number of nitrogens with zero attached hydrogens (tertiary/aromatic N) is 3. The minimum atomic E-state index is -4.74. The standard InChI is InChI=1S/C12H16F3N3O3/c1-2-20-11(19)9-10(12(13,14)15)18(17-16-9)7-8-5-3-4-6-21-8/h8H,2-7H2,1H3. The van der Waals surface area contributed by atoms with Gasteiger partial charge in [0.25, 0.3) is 0 Å². The van der Waals surface area contributed by atoms with E-state index >= 15 is 0 Å². The first-order chi connectivity index (χ1) is 9.93. The second-order valence-corrected chi connectivity index (χ2v) is 4.68. The molecule has 1 aliphatic rings. The maximum atomic E-state index is 13.1. The van der Waals surface area contributed by atoms with Gasteiger partial charge in [0.15, 0.2) is 5.69 Å². The summed E-state index contributed by atoms with van der Waals surface area (Å²) in [6, 6.07) is 0. The van der Waals surface area contributed by atoms with Gasteiger partial charge in [0.05, 0.1) is 19.3 Å². The van der Waals surface area contributed by atoms with Gasteiger partial charge in [-0.2, -0.15) is 13.2 Å². The molecule has 6 nitrogen and oxygen atoms in total. The van der Waals surface area contributed by atoms with Crippen LogP contribution in [0.2, 0.25) is 0 Å². The normalized spacial score (nSPS) is 19.5. The van der Waals surface area contributed by atoms with Gasteiger partial charge >= 0.3 is 12.1 Å². The minimum absolute atomic E-state index is 0.0330. The van der Waals surface area contributed by atoms with E-state index in [-0.39, 0.29) is 19.3 Å². The molecule has 0 saturated carbocycles. The first kappa shape index (κ1) is 15.7.